The van der Waals surface area contributed by atoms with Crippen LogP contribution >= 0.6 is 11.6 Å². The second-order valence-electron chi connectivity index (χ2n) is 8.57. The van der Waals surface area contributed by atoms with Gasteiger partial charge in [-0.15, -0.1) is 0 Å². The lowest BCUT2D eigenvalue weighted by Gasteiger charge is -2.18. The van der Waals surface area contributed by atoms with Crippen molar-refractivity contribution < 1.29 is 9.53 Å². The van der Waals surface area contributed by atoms with Crippen LogP contribution in [0.4, 0.5) is 5.69 Å². The fourth-order valence-corrected chi connectivity index (χ4v) is 4.87. The molecular formula is C27H26ClN3O2. The van der Waals surface area contributed by atoms with Gasteiger partial charge in [-0.3, -0.25) is 4.79 Å². The molecule has 1 fully saturated rings. The zero-order valence-corrected chi connectivity index (χ0v) is 19.5. The highest BCUT2D eigenvalue weighted by Crippen LogP contribution is 2.34. The minimum Gasteiger partial charge on any atom is -0.491 e. The smallest absolute Gasteiger partial charge is 0.227 e. The fourth-order valence-electron chi connectivity index (χ4n) is 4.68. The van der Waals surface area contributed by atoms with E-state index in [1.807, 2.05) is 53.4 Å². The minimum absolute atomic E-state index is 0.00378. The SMILES string of the molecule is Cc1cccc(C)c1OCCn1c([C@H]2CC(=O)N(c3cccc(Cl)c3)C2)nc2ccccc21. The summed E-state index contributed by atoms with van der Waals surface area (Å²) in [7, 11) is 0. The van der Waals surface area contributed by atoms with Crippen LogP contribution < -0.4 is 9.64 Å². The number of benzene rings is 3. The van der Waals surface area contributed by atoms with Crippen LogP contribution in [-0.2, 0) is 11.3 Å². The first-order valence-corrected chi connectivity index (χ1v) is 11.6. The maximum absolute atomic E-state index is 12.9. The molecule has 5 rings (SSSR count). The number of nitrogens with zero attached hydrogens (tertiary/aromatic N) is 3. The van der Waals surface area contributed by atoms with Crippen molar-refractivity contribution in [1.29, 1.82) is 0 Å². The summed E-state index contributed by atoms with van der Waals surface area (Å²) < 4.78 is 8.40. The summed E-state index contributed by atoms with van der Waals surface area (Å²) in [5.41, 5.74) is 5.09. The molecule has 1 aromatic heterocycles. The van der Waals surface area contributed by atoms with Gasteiger partial charge in [-0.1, -0.05) is 48.0 Å². The standard InChI is InChI=1S/C27H26ClN3O2/c1-18-7-5-8-19(2)26(18)33-14-13-30-24-12-4-3-11-23(24)29-27(30)20-15-25(32)31(17-20)22-10-6-9-21(28)16-22/h3-12,16,20H,13-15,17H2,1-2H3/t20-/m0/s1. The van der Waals surface area contributed by atoms with Crippen molar-refractivity contribution in [1.82, 2.24) is 9.55 Å². The Morgan fingerprint density at radius 1 is 1.03 bits per heavy atom. The summed E-state index contributed by atoms with van der Waals surface area (Å²) in [6.07, 6.45) is 0.424. The van der Waals surface area contributed by atoms with Crippen molar-refractivity contribution in [3.05, 3.63) is 88.7 Å². The lowest BCUT2D eigenvalue weighted by Crippen LogP contribution is -2.24. The van der Waals surface area contributed by atoms with Crippen LogP contribution in [0, 0.1) is 13.8 Å². The Balaban J connectivity index is 1.42. The number of aryl methyl sites for hydroxylation is 2. The molecule has 168 valence electrons. The molecule has 1 saturated heterocycles. The number of amides is 1. The molecular weight excluding hydrogens is 434 g/mol. The maximum Gasteiger partial charge on any atom is 0.227 e. The first-order valence-electron chi connectivity index (χ1n) is 11.2. The Morgan fingerprint density at radius 2 is 1.79 bits per heavy atom. The second kappa shape index (κ2) is 8.91. The van der Waals surface area contributed by atoms with Gasteiger partial charge in [0.2, 0.25) is 5.91 Å². The van der Waals surface area contributed by atoms with Crippen LogP contribution in [0.1, 0.15) is 29.3 Å². The molecule has 5 nitrogen and oxygen atoms in total. The van der Waals surface area contributed by atoms with E-state index >= 15 is 0 Å². The first kappa shape index (κ1) is 21.5. The predicted octanol–water partition coefficient (Wildman–Crippen LogP) is 5.91. The summed E-state index contributed by atoms with van der Waals surface area (Å²) in [5.74, 6) is 1.96. The van der Waals surface area contributed by atoms with Crippen LogP contribution in [-0.4, -0.2) is 28.6 Å². The summed E-state index contributed by atoms with van der Waals surface area (Å²) in [6, 6.07) is 21.7. The highest BCUT2D eigenvalue weighted by molar-refractivity contribution is 6.30. The molecule has 1 atom stereocenters. The summed E-state index contributed by atoms with van der Waals surface area (Å²) >= 11 is 6.16. The van der Waals surface area contributed by atoms with Gasteiger partial charge in [-0.2, -0.15) is 0 Å². The fraction of sp³-hybridized carbons (Fsp3) is 0.259. The number of para-hydroxylation sites is 3. The largest absolute Gasteiger partial charge is 0.491 e. The Labute approximate surface area is 198 Å². The number of fused-ring (bicyclic) bond motifs is 1. The van der Waals surface area contributed by atoms with E-state index in [0.717, 1.165) is 39.4 Å². The average Bonchev–Trinajstić information content (AvgIpc) is 3.36. The van der Waals surface area contributed by atoms with E-state index in [9.17, 15) is 4.79 Å². The van der Waals surface area contributed by atoms with Crippen molar-refractivity contribution in [3.63, 3.8) is 0 Å². The van der Waals surface area contributed by atoms with Crippen molar-refractivity contribution in [2.24, 2.45) is 0 Å². The quantitative estimate of drug-likeness (QED) is 0.360. The number of aromatic nitrogens is 2. The number of anilines is 1. The van der Waals surface area contributed by atoms with E-state index < -0.39 is 0 Å². The number of carbonyl (C=O) groups is 1. The van der Waals surface area contributed by atoms with E-state index in [2.05, 4.69) is 36.6 Å². The topological polar surface area (TPSA) is 47.4 Å². The van der Waals surface area contributed by atoms with E-state index in [0.29, 0.717) is 31.1 Å². The zero-order valence-electron chi connectivity index (χ0n) is 18.8. The van der Waals surface area contributed by atoms with E-state index in [1.165, 1.54) is 0 Å². The lowest BCUT2D eigenvalue weighted by atomic mass is 10.1. The number of hydrogen-bond acceptors (Lipinski definition) is 3. The second-order valence-corrected chi connectivity index (χ2v) is 9.00. The van der Waals surface area contributed by atoms with Crippen LogP contribution in [0.2, 0.25) is 5.02 Å². The molecule has 0 unspecified atom stereocenters. The van der Waals surface area contributed by atoms with Gasteiger partial charge in [0.15, 0.2) is 0 Å². The van der Waals surface area contributed by atoms with Crippen LogP contribution in [0.3, 0.4) is 0 Å². The molecule has 6 heteroatoms. The van der Waals surface area contributed by atoms with Crippen molar-refractivity contribution in [2.75, 3.05) is 18.1 Å². The average molecular weight is 460 g/mol. The molecule has 3 aromatic carbocycles. The Kier molecular flexibility index (Phi) is 5.81. The third-order valence-corrected chi connectivity index (χ3v) is 6.50. The number of hydrogen-bond donors (Lipinski definition) is 0. The molecule has 4 aromatic rings. The van der Waals surface area contributed by atoms with E-state index in [1.54, 1.807) is 0 Å². The Hall–Kier alpha value is -3.31. The maximum atomic E-state index is 12.9. The Morgan fingerprint density at radius 3 is 2.58 bits per heavy atom. The van der Waals surface area contributed by atoms with Gasteiger partial charge in [-0.05, 0) is 55.3 Å². The normalized spacial score (nSPS) is 16.0. The third-order valence-electron chi connectivity index (χ3n) is 6.26. The molecule has 1 aliphatic heterocycles. The molecule has 1 amide bonds. The number of ether oxygens (including phenoxy) is 1. The molecule has 0 radical (unpaired) electrons. The van der Waals surface area contributed by atoms with Gasteiger partial charge in [0.05, 0.1) is 17.6 Å². The summed E-state index contributed by atoms with van der Waals surface area (Å²) in [4.78, 5) is 19.6. The summed E-state index contributed by atoms with van der Waals surface area (Å²) in [6.45, 7) is 5.90. The van der Waals surface area contributed by atoms with E-state index in [-0.39, 0.29) is 11.8 Å². The Bertz CT molecular complexity index is 1310. The lowest BCUT2D eigenvalue weighted by molar-refractivity contribution is -0.117. The van der Waals surface area contributed by atoms with Gasteiger partial charge in [0, 0.05) is 29.6 Å². The highest BCUT2D eigenvalue weighted by Gasteiger charge is 2.34. The molecule has 1 aliphatic rings. The van der Waals surface area contributed by atoms with Crippen LogP contribution in [0.5, 0.6) is 5.75 Å². The van der Waals surface area contributed by atoms with Gasteiger partial charge in [-0.25, -0.2) is 4.98 Å². The van der Waals surface area contributed by atoms with Gasteiger partial charge < -0.3 is 14.2 Å². The van der Waals surface area contributed by atoms with Crippen LogP contribution in [0.25, 0.3) is 11.0 Å². The predicted molar refractivity (Wildman–Crippen MR) is 132 cm³/mol. The highest BCUT2D eigenvalue weighted by atomic mass is 35.5. The summed E-state index contributed by atoms with van der Waals surface area (Å²) in [5, 5.41) is 0.625. The first-order chi connectivity index (χ1) is 16.0. The molecule has 0 aliphatic carbocycles. The molecule has 0 spiro atoms. The number of carbonyl (C=O) groups excluding carboxylic acids is 1. The minimum atomic E-state index is 0.00378. The number of rotatable bonds is 6. The molecule has 33 heavy (non-hydrogen) atoms. The monoisotopic (exact) mass is 459 g/mol. The van der Waals surface area contributed by atoms with Gasteiger partial charge >= 0.3 is 0 Å². The molecule has 0 N–H and O–H groups in total. The van der Waals surface area contributed by atoms with Gasteiger partial charge in [0.1, 0.15) is 18.2 Å². The van der Waals surface area contributed by atoms with Crippen molar-refractivity contribution >= 4 is 34.2 Å². The number of imidazole rings is 1. The van der Waals surface area contributed by atoms with Crippen molar-refractivity contribution in [3.8, 4) is 5.75 Å². The molecule has 2 heterocycles. The zero-order chi connectivity index (χ0) is 22.9. The van der Waals surface area contributed by atoms with Gasteiger partial charge in [0.25, 0.3) is 0 Å². The third kappa shape index (κ3) is 4.21. The molecule has 0 saturated carbocycles. The van der Waals surface area contributed by atoms with E-state index in [4.69, 9.17) is 21.3 Å². The molecule has 0 bridgehead atoms. The van der Waals surface area contributed by atoms with Crippen molar-refractivity contribution in [2.45, 2.75) is 32.7 Å². The number of halogens is 1. The van der Waals surface area contributed by atoms with Crippen LogP contribution in [0.15, 0.2) is 66.7 Å².